The summed E-state index contributed by atoms with van der Waals surface area (Å²) >= 11 is 0. The van der Waals surface area contributed by atoms with E-state index in [-0.39, 0.29) is 0 Å². The van der Waals surface area contributed by atoms with E-state index >= 15 is 0 Å². The summed E-state index contributed by atoms with van der Waals surface area (Å²) in [6, 6.07) is 0. The lowest BCUT2D eigenvalue weighted by atomic mass is 10.1. The van der Waals surface area contributed by atoms with E-state index in [1.165, 1.54) is 18.4 Å². The highest BCUT2D eigenvalue weighted by atomic mass is 16.5. The monoisotopic (exact) mass is 249 g/mol. The second-order valence-corrected chi connectivity index (χ2v) is 5.01. The lowest BCUT2D eigenvalue weighted by Crippen LogP contribution is -2.23. The molecule has 1 unspecified atom stereocenters. The topological polar surface area (TPSA) is 47.0 Å². The fourth-order valence-corrected chi connectivity index (χ4v) is 2.50. The van der Waals surface area contributed by atoms with E-state index in [2.05, 4.69) is 29.1 Å². The zero-order chi connectivity index (χ0) is 13.0. The Morgan fingerprint density at radius 2 is 1.94 bits per heavy atom. The van der Waals surface area contributed by atoms with Gasteiger partial charge in [0.1, 0.15) is 5.82 Å². The van der Waals surface area contributed by atoms with Crippen molar-refractivity contribution in [1.82, 2.24) is 15.3 Å². The van der Waals surface area contributed by atoms with Crippen molar-refractivity contribution in [3.63, 3.8) is 0 Å². The minimum atomic E-state index is 0.313. The molecule has 1 aliphatic heterocycles. The normalized spacial score (nSPS) is 20.1. The van der Waals surface area contributed by atoms with Gasteiger partial charge in [0, 0.05) is 36.5 Å². The van der Waals surface area contributed by atoms with Crippen LogP contribution in [0.5, 0.6) is 0 Å². The zero-order valence-corrected chi connectivity index (χ0v) is 11.6. The van der Waals surface area contributed by atoms with Gasteiger partial charge in [0.25, 0.3) is 0 Å². The Bertz CT molecular complexity index is 377. The van der Waals surface area contributed by atoms with E-state index in [1.807, 2.05) is 7.05 Å². The number of nitrogens with one attached hydrogen (secondary N) is 1. The molecule has 100 valence electrons. The van der Waals surface area contributed by atoms with Crippen molar-refractivity contribution in [1.29, 1.82) is 0 Å². The standard InChI is InChI=1S/C14H23N3O/c1-10-13(9-15-3)11(2)17-14(16-10)8-12-6-4-5-7-18-12/h12,15H,4-9H2,1-3H3. The Labute approximate surface area is 109 Å². The van der Waals surface area contributed by atoms with Crippen molar-refractivity contribution >= 4 is 0 Å². The second-order valence-electron chi connectivity index (χ2n) is 5.01. The van der Waals surface area contributed by atoms with Crippen molar-refractivity contribution in [3.8, 4) is 0 Å². The summed E-state index contributed by atoms with van der Waals surface area (Å²) in [4.78, 5) is 9.23. The molecule has 1 saturated heterocycles. The Morgan fingerprint density at radius 3 is 2.50 bits per heavy atom. The number of aryl methyl sites for hydroxylation is 2. The van der Waals surface area contributed by atoms with Gasteiger partial charge in [0.2, 0.25) is 0 Å². The summed E-state index contributed by atoms with van der Waals surface area (Å²) < 4.78 is 5.75. The van der Waals surface area contributed by atoms with E-state index in [4.69, 9.17) is 4.74 Å². The minimum Gasteiger partial charge on any atom is -0.378 e. The van der Waals surface area contributed by atoms with E-state index in [0.29, 0.717) is 6.10 Å². The Balaban J connectivity index is 2.09. The molecule has 1 aromatic heterocycles. The maximum Gasteiger partial charge on any atom is 0.131 e. The van der Waals surface area contributed by atoms with Crippen molar-refractivity contribution in [2.24, 2.45) is 0 Å². The maximum atomic E-state index is 5.75. The molecular formula is C14H23N3O. The van der Waals surface area contributed by atoms with Crippen LogP contribution in [0.3, 0.4) is 0 Å². The predicted molar refractivity (Wildman–Crippen MR) is 71.6 cm³/mol. The first-order valence-electron chi connectivity index (χ1n) is 6.80. The highest BCUT2D eigenvalue weighted by molar-refractivity contribution is 5.24. The number of aromatic nitrogens is 2. The first-order chi connectivity index (χ1) is 8.70. The fraction of sp³-hybridized carbons (Fsp3) is 0.714. The molecule has 18 heavy (non-hydrogen) atoms. The third kappa shape index (κ3) is 3.27. The summed E-state index contributed by atoms with van der Waals surface area (Å²) in [6.07, 6.45) is 4.76. The molecule has 4 nitrogen and oxygen atoms in total. The van der Waals surface area contributed by atoms with Crippen LogP contribution in [-0.2, 0) is 17.7 Å². The summed E-state index contributed by atoms with van der Waals surface area (Å²) in [5.74, 6) is 0.928. The summed E-state index contributed by atoms with van der Waals surface area (Å²) in [5.41, 5.74) is 3.39. The van der Waals surface area contributed by atoms with Crippen molar-refractivity contribution in [2.45, 2.75) is 52.2 Å². The van der Waals surface area contributed by atoms with Gasteiger partial charge in [-0.15, -0.1) is 0 Å². The van der Waals surface area contributed by atoms with Gasteiger partial charge in [-0.2, -0.15) is 0 Å². The van der Waals surface area contributed by atoms with E-state index < -0.39 is 0 Å². The Kier molecular flexibility index (Phi) is 4.66. The third-order valence-electron chi connectivity index (χ3n) is 3.50. The van der Waals surface area contributed by atoms with Gasteiger partial charge in [0.15, 0.2) is 0 Å². The number of ether oxygens (including phenoxy) is 1. The van der Waals surface area contributed by atoms with Crippen LogP contribution in [0.25, 0.3) is 0 Å². The van der Waals surface area contributed by atoms with Crippen molar-refractivity contribution < 1.29 is 4.74 Å². The zero-order valence-electron chi connectivity index (χ0n) is 11.6. The third-order valence-corrected chi connectivity index (χ3v) is 3.50. The Morgan fingerprint density at radius 1 is 1.22 bits per heavy atom. The average molecular weight is 249 g/mol. The second kappa shape index (κ2) is 6.25. The molecular weight excluding hydrogens is 226 g/mol. The van der Waals surface area contributed by atoms with Crippen LogP contribution >= 0.6 is 0 Å². The van der Waals surface area contributed by atoms with Gasteiger partial charge in [0.05, 0.1) is 6.10 Å². The maximum absolute atomic E-state index is 5.75. The first kappa shape index (κ1) is 13.4. The van der Waals surface area contributed by atoms with E-state index in [0.717, 1.165) is 43.2 Å². The molecule has 1 fully saturated rings. The summed E-state index contributed by atoms with van der Waals surface area (Å²) in [7, 11) is 1.95. The molecule has 0 amide bonds. The van der Waals surface area contributed by atoms with E-state index in [9.17, 15) is 0 Å². The fourth-order valence-electron chi connectivity index (χ4n) is 2.50. The van der Waals surface area contributed by atoms with Crippen LogP contribution in [0.15, 0.2) is 0 Å². The first-order valence-corrected chi connectivity index (χ1v) is 6.80. The van der Waals surface area contributed by atoms with Crippen molar-refractivity contribution in [3.05, 3.63) is 22.8 Å². The molecule has 0 saturated carbocycles. The molecule has 4 heteroatoms. The van der Waals surface area contributed by atoms with Gasteiger partial charge in [-0.05, 0) is 40.2 Å². The summed E-state index contributed by atoms with van der Waals surface area (Å²) in [5, 5.41) is 3.16. The lowest BCUT2D eigenvalue weighted by molar-refractivity contribution is 0.0156. The average Bonchev–Trinajstić information content (AvgIpc) is 2.35. The SMILES string of the molecule is CNCc1c(C)nc(CC2CCCCO2)nc1C. The molecule has 0 bridgehead atoms. The molecule has 2 heterocycles. The molecule has 0 aliphatic carbocycles. The largest absolute Gasteiger partial charge is 0.378 e. The van der Waals surface area contributed by atoms with Crippen LogP contribution in [0, 0.1) is 13.8 Å². The van der Waals surface area contributed by atoms with E-state index in [1.54, 1.807) is 0 Å². The van der Waals surface area contributed by atoms with Crippen LogP contribution < -0.4 is 5.32 Å². The number of hydrogen-bond donors (Lipinski definition) is 1. The quantitative estimate of drug-likeness (QED) is 0.885. The Hall–Kier alpha value is -1.00. The number of rotatable bonds is 4. The molecule has 0 radical (unpaired) electrons. The molecule has 0 aromatic carbocycles. The highest BCUT2D eigenvalue weighted by Gasteiger charge is 2.17. The number of nitrogens with zero attached hydrogens (tertiary/aromatic N) is 2. The van der Waals surface area contributed by atoms with Crippen LogP contribution in [0.1, 0.15) is 42.0 Å². The molecule has 1 aromatic rings. The highest BCUT2D eigenvalue weighted by Crippen LogP contribution is 2.17. The van der Waals surface area contributed by atoms with Gasteiger partial charge in [-0.25, -0.2) is 9.97 Å². The molecule has 1 N–H and O–H groups in total. The molecule has 2 rings (SSSR count). The van der Waals surface area contributed by atoms with Gasteiger partial charge in [-0.3, -0.25) is 0 Å². The van der Waals surface area contributed by atoms with Crippen LogP contribution in [0.2, 0.25) is 0 Å². The lowest BCUT2D eigenvalue weighted by Gasteiger charge is -2.22. The van der Waals surface area contributed by atoms with Gasteiger partial charge in [-0.1, -0.05) is 0 Å². The predicted octanol–water partition coefficient (Wildman–Crippen LogP) is 1.92. The summed E-state index contributed by atoms with van der Waals surface area (Å²) in [6.45, 7) is 5.84. The molecule has 0 spiro atoms. The van der Waals surface area contributed by atoms with Crippen LogP contribution in [-0.4, -0.2) is 29.7 Å². The van der Waals surface area contributed by atoms with Gasteiger partial charge < -0.3 is 10.1 Å². The van der Waals surface area contributed by atoms with Gasteiger partial charge >= 0.3 is 0 Å². The molecule has 1 aliphatic rings. The van der Waals surface area contributed by atoms with Crippen LogP contribution in [0.4, 0.5) is 0 Å². The minimum absolute atomic E-state index is 0.313. The number of hydrogen-bond acceptors (Lipinski definition) is 4. The smallest absolute Gasteiger partial charge is 0.131 e. The molecule has 1 atom stereocenters. The van der Waals surface area contributed by atoms with Crippen molar-refractivity contribution in [2.75, 3.05) is 13.7 Å².